The van der Waals surface area contributed by atoms with Gasteiger partial charge >= 0.3 is 0 Å². The molecule has 0 aliphatic heterocycles. The number of rotatable bonds is 2. The second kappa shape index (κ2) is 4.58. The van der Waals surface area contributed by atoms with Crippen LogP contribution in [0.1, 0.15) is 29.2 Å². The molecule has 3 nitrogen and oxygen atoms in total. The quantitative estimate of drug-likeness (QED) is 0.720. The maximum Gasteiger partial charge on any atom is 0.269 e. The van der Waals surface area contributed by atoms with Gasteiger partial charge < -0.3 is 0 Å². The number of nitrogens with zero attached hydrogens (tertiary/aromatic N) is 2. The van der Waals surface area contributed by atoms with E-state index in [-0.39, 0.29) is 11.6 Å². The summed E-state index contributed by atoms with van der Waals surface area (Å²) in [6.45, 7) is 6.01. The lowest BCUT2D eigenvalue weighted by atomic mass is 10.2. The van der Waals surface area contributed by atoms with Gasteiger partial charge in [0.05, 0.1) is 16.1 Å². The fraction of sp³-hybridized carbons (Fsp3) is 0.286. The third-order valence-electron chi connectivity index (χ3n) is 3.11. The Balaban J connectivity index is 2.15. The predicted molar refractivity (Wildman–Crippen MR) is 81.5 cm³/mol. The SMILES string of the molecule is Cc1ccc2sn(C(C)c3nc(C)cs3)c(=O)c2c1. The Hall–Kier alpha value is -1.46. The van der Waals surface area contributed by atoms with Crippen LogP contribution in [-0.2, 0) is 0 Å². The molecule has 0 aliphatic carbocycles. The van der Waals surface area contributed by atoms with Gasteiger partial charge in [-0.15, -0.1) is 11.3 Å². The first-order chi connectivity index (χ1) is 9.06. The minimum Gasteiger partial charge on any atom is -0.268 e. The van der Waals surface area contributed by atoms with Crippen LogP contribution in [0, 0.1) is 13.8 Å². The Kier molecular flexibility index (Phi) is 3.03. The van der Waals surface area contributed by atoms with Gasteiger partial charge in [0.2, 0.25) is 0 Å². The highest BCUT2D eigenvalue weighted by Crippen LogP contribution is 2.26. The molecule has 5 heteroatoms. The first kappa shape index (κ1) is 12.6. The van der Waals surface area contributed by atoms with Crippen LogP contribution < -0.4 is 5.56 Å². The van der Waals surface area contributed by atoms with Gasteiger partial charge in [0.15, 0.2) is 0 Å². The molecule has 0 spiro atoms. The third-order valence-corrected chi connectivity index (χ3v) is 5.47. The molecule has 0 bridgehead atoms. The molecule has 0 radical (unpaired) electrons. The van der Waals surface area contributed by atoms with Crippen molar-refractivity contribution in [3.63, 3.8) is 0 Å². The fourth-order valence-electron chi connectivity index (χ4n) is 2.08. The summed E-state index contributed by atoms with van der Waals surface area (Å²) in [5.74, 6) is 0. The summed E-state index contributed by atoms with van der Waals surface area (Å²) in [4.78, 5) is 16.9. The van der Waals surface area contributed by atoms with Gasteiger partial charge in [-0.1, -0.05) is 23.2 Å². The molecule has 0 fully saturated rings. The average Bonchev–Trinajstić information content (AvgIpc) is 2.94. The smallest absolute Gasteiger partial charge is 0.268 e. The minimum atomic E-state index is 0.00362. The van der Waals surface area contributed by atoms with Gasteiger partial charge in [0.1, 0.15) is 5.01 Å². The molecule has 0 aliphatic rings. The molecule has 1 unspecified atom stereocenters. The normalized spacial score (nSPS) is 13.0. The monoisotopic (exact) mass is 290 g/mol. The molecule has 0 N–H and O–H groups in total. The predicted octanol–water partition coefficient (Wildman–Crippen LogP) is 3.75. The van der Waals surface area contributed by atoms with Gasteiger partial charge in [-0.3, -0.25) is 8.75 Å². The van der Waals surface area contributed by atoms with Gasteiger partial charge in [0.25, 0.3) is 5.56 Å². The third kappa shape index (κ3) is 2.13. The highest BCUT2D eigenvalue weighted by molar-refractivity contribution is 7.14. The minimum absolute atomic E-state index is 0.00362. The summed E-state index contributed by atoms with van der Waals surface area (Å²) in [5, 5.41) is 3.82. The van der Waals surface area contributed by atoms with Gasteiger partial charge in [-0.25, -0.2) is 4.98 Å². The Bertz CT molecular complexity index is 797. The number of aryl methyl sites for hydroxylation is 2. The van der Waals surface area contributed by atoms with Crippen molar-refractivity contribution in [2.24, 2.45) is 0 Å². The molecule has 1 atom stereocenters. The van der Waals surface area contributed by atoms with Crippen LogP contribution in [0.2, 0.25) is 0 Å². The lowest BCUT2D eigenvalue weighted by Gasteiger charge is -2.07. The zero-order chi connectivity index (χ0) is 13.6. The van der Waals surface area contributed by atoms with Gasteiger partial charge in [-0.2, -0.15) is 0 Å². The second-order valence-electron chi connectivity index (χ2n) is 4.72. The van der Waals surface area contributed by atoms with Gasteiger partial charge in [-0.05, 0) is 32.9 Å². The van der Waals surface area contributed by atoms with Crippen molar-refractivity contribution in [3.8, 4) is 0 Å². The summed E-state index contributed by atoms with van der Waals surface area (Å²) in [6, 6.07) is 6.03. The van der Waals surface area contributed by atoms with Crippen LogP contribution in [0.15, 0.2) is 28.4 Å². The first-order valence-corrected chi connectivity index (χ1v) is 7.76. The highest BCUT2D eigenvalue weighted by Gasteiger charge is 2.17. The maximum absolute atomic E-state index is 12.5. The molecule has 3 aromatic rings. The van der Waals surface area contributed by atoms with Crippen molar-refractivity contribution < 1.29 is 0 Å². The molecular weight excluding hydrogens is 276 g/mol. The second-order valence-corrected chi connectivity index (χ2v) is 6.63. The summed E-state index contributed by atoms with van der Waals surface area (Å²) in [7, 11) is 0. The van der Waals surface area contributed by atoms with Gasteiger partial charge in [0, 0.05) is 11.1 Å². The Morgan fingerprint density at radius 1 is 1.32 bits per heavy atom. The summed E-state index contributed by atoms with van der Waals surface area (Å²) in [5.41, 5.74) is 2.22. The van der Waals surface area contributed by atoms with Crippen molar-refractivity contribution in [2.45, 2.75) is 26.8 Å². The van der Waals surface area contributed by atoms with Crippen molar-refractivity contribution in [1.82, 2.24) is 8.94 Å². The number of aromatic nitrogens is 2. The van der Waals surface area contributed by atoms with Crippen molar-refractivity contribution in [2.75, 3.05) is 0 Å². The highest BCUT2D eigenvalue weighted by atomic mass is 32.1. The van der Waals surface area contributed by atoms with E-state index in [4.69, 9.17) is 0 Å². The van der Waals surface area contributed by atoms with Crippen LogP contribution in [0.25, 0.3) is 10.1 Å². The lowest BCUT2D eigenvalue weighted by Crippen LogP contribution is -2.17. The topological polar surface area (TPSA) is 34.9 Å². The standard InChI is InChI=1S/C14H14N2OS2/c1-8-4-5-12-11(6-8)14(17)16(19-12)10(3)13-15-9(2)7-18-13/h4-7,10H,1-3H3. The molecule has 98 valence electrons. The number of hydrogen-bond acceptors (Lipinski definition) is 4. The van der Waals surface area contributed by atoms with E-state index in [2.05, 4.69) is 4.98 Å². The molecule has 2 aromatic heterocycles. The summed E-state index contributed by atoms with van der Waals surface area (Å²) in [6.07, 6.45) is 0. The molecule has 0 amide bonds. The molecule has 19 heavy (non-hydrogen) atoms. The average molecular weight is 290 g/mol. The van der Waals surface area contributed by atoms with E-state index in [9.17, 15) is 4.79 Å². The zero-order valence-corrected chi connectivity index (χ0v) is 12.6. The molecular formula is C14H14N2OS2. The van der Waals surface area contributed by atoms with Crippen LogP contribution in [-0.4, -0.2) is 8.94 Å². The maximum atomic E-state index is 12.5. The van der Waals surface area contributed by atoms with Crippen LogP contribution in [0.4, 0.5) is 0 Å². The van der Waals surface area contributed by atoms with Crippen molar-refractivity contribution in [1.29, 1.82) is 0 Å². The Labute approximate surface area is 119 Å². The summed E-state index contributed by atoms with van der Waals surface area (Å²) < 4.78 is 2.86. The van der Waals surface area contributed by atoms with Crippen molar-refractivity contribution >= 4 is 33.0 Å². The Morgan fingerprint density at radius 3 is 2.79 bits per heavy atom. The number of hydrogen-bond donors (Lipinski definition) is 0. The van der Waals surface area contributed by atoms with E-state index in [1.807, 2.05) is 48.3 Å². The van der Waals surface area contributed by atoms with E-state index in [0.29, 0.717) is 0 Å². The largest absolute Gasteiger partial charge is 0.269 e. The molecule has 1 aromatic carbocycles. The van der Waals surface area contributed by atoms with E-state index in [0.717, 1.165) is 26.4 Å². The number of benzene rings is 1. The molecule has 2 heterocycles. The molecule has 0 saturated heterocycles. The van der Waals surface area contributed by atoms with Crippen molar-refractivity contribution in [3.05, 3.63) is 50.2 Å². The molecule has 0 saturated carbocycles. The zero-order valence-electron chi connectivity index (χ0n) is 11.0. The van der Waals surface area contributed by atoms with Crippen LogP contribution in [0.5, 0.6) is 0 Å². The number of thiazole rings is 1. The van der Waals surface area contributed by atoms with E-state index in [1.54, 1.807) is 11.3 Å². The Morgan fingerprint density at radius 2 is 2.11 bits per heavy atom. The van der Waals surface area contributed by atoms with E-state index >= 15 is 0 Å². The number of fused-ring (bicyclic) bond motifs is 1. The van der Waals surface area contributed by atoms with E-state index in [1.165, 1.54) is 11.5 Å². The van der Waals surface area contributed by atoms with E-state index < -0.39 is 0 Å². The first-order valence-electron chi connectivity index (χ1n) is 6.10. The fourth-order valence-corrected chi connectivity index (χ4v) is 4.01. The van der Waals surface area contributed by atoms with Crippen LogP contribution in [0.3, 0.4) is 0 Å². The van der Waals surface area contributed by atoms with Crippen LogP contribution >= 0.6 is 22.9 Å². The molecule has 3 rings (SSSR count). The lowest BCUT2D eigenvalue weighted by molar-refractivity contribution is 0.671. The summed E-state index contributed by atoms with van der Waals surface area (Å²) >= 11 is 3.13.